The average Bonchev–Trinajstić information content (AvgIpc) is 2.97. The molecule has 3 rings (SSSR count). The Kier molecular flexibility index (Phi) is 4.13. The van der Waals surface area contributed by atoms with E-state index >= 15 is 0 Å². The van der Waals surface area contributed by atoms with Crippen molar-refractivity contribution in [2.75, 3.05) is 5.32 Å². The Bertz CT molecular complexity index is 830. The van der Waals surface area contributed by atoms with Gasteiger partial charge in [0.25, 0.3) is 5.91 Å². The topological polar surface area (TPSA) is 55.1 Å². The zero-order valence-corrected chi connectivity index (χ0v) is 12.7. The first-order valence-electron chi connectivity index (χ1n) is 6.41. The molecule has 0 aliphatic rings. The van der Waals surface area contributed by atoms with Crippen LogP contribution in [0.5, 0.6) is 0 Å². The van der Waals surface area contributed by atoms with Gasteiger partial charge in [-0.05, 0) is 30.3 Å². The number of anilines is 1. The summed E-state index contributed by atoms with van der Waals surface area (Å²) in [6.07, 6.45) is 0. The Hall–Kier alpha value is -2.30. The third-order valence-corrected chi connectivity index (χ3v) is 3.41. The fraction of sp³-hybridized carbons (Fsp3) is 0. The van der Waals surface area contributed by atoms with Crippen LogP contribution >= 0.6 is 23.2 Å². The minimum absolute atomic E-state index is 0.106. The lowest BCUT2D eigenvalue weighted by Gasteiger charge is -2.02. The van der Waals surface area contributed by atoms with Crippen LogP contribution in [0.25, 0.3) is 11.3 Å². The van der Waals surface area contributed by atoms with Crippen molar-refractivity contribution < 1.29 is 9.32 Å². The normalized spacial score (nSPS) is 10.5. The number of aromatic nitrogens is 1. The van der Waals surface area contributed by atoms with Gasteiger partial charge < -0.3 is 9.84 Å². The molecule has 1 aromatic heterocycles. The van der Waals surface area contributed by atoms with Crippen molar-refractivity contribution in [1.29, 1.82) is 0 Å². The molecule has 1 amide bonds. The van der Waals surface area contributed by atoms with E-state index in [1.807, 2.05) is 6.07 Å². The number of carbonyl (C=O) groups is 1. The highest BCUT2D eigenvalue weighted by atomic mass is 35.5. The molecule has 0 radical (unpaired) electrons. The summed E-state index contributed by atoms with van der Waals surface area (Å²) in [4.78, 5) is 12.1. The summed E-state index contributed by atoms with van der Waals surface area (Å²) in [6, 6.07) is 15.6. The first kappa shape index (κ1) is 14.6. The molecule has 0 atom stereocenters. The van der Waals surface area contributed by atoms with Gasteiger partial charge >= 0.3 is 0 Å². The molecule has 110 valence electrons. The van der Waals surface area contributed by atoms with Crippen LogP contribution in [0, 0.1) is 0 Å². The van der Waals surface area contributed by atoms with Gasteiger partial charge in [-0.2, -0.15) is 0 Å². The van der Waals surface area contributed by atoms with E-state index in [4.69, 9.17) is 27.7 Å². The Morgan fingerprint density at radius 2 is 1.73 bits per heavy atom. The van der Waals surface area contributed by atoms with Crippen molar-refractivity contribution in [2.24, 2.45) is 0 Å². The van der Waals surface area contributed by atoms with E-state index in [1.165, 1.54) is 0 Å². The van der Waals surface area contributed by atoms with E-state index in [9.17, 15) is 4.79 Å². The fourth-order valence-corrected chi connectivity index (χ4v) is 2.31. The van der Waals surface area contributed by atoms with E-state index in [1.54, 1.807) is 48.5 Å². The Balaban J connectivity index is 1.80. The molecule has 0 saturated carbocycles. The number of amides is 1. The highest BCUT2D eigenvalue weighted by Gasteiger charge is 2.14. The molecule has 0 aliphatic carbocycles. The van der Waals surface area contributed by atoms with Gasteiger partial charge in [-0.3, -0.25) is 4.79 Å². The summed E-state index contributed by atoms with van der Waals surface area (Å²) in [7, 11) is 0. The third-order valence-electron chi connectivity index (χ3n) is 2.94. The van der Waals surface area contributed by atoms with Crippen LogP contribution in [0.1, 0.15) is 10.6 Å². The number of carbonyl (C=O) groups excluding carboxylic acids is 1. The van der Waals surface area contributed by atoms with E-state index in [2.05, 4.69) is 10.5 Å². The maximum absolute atomic E-state index is 12.1. The summed E-state index contributed by atoms with van der Waals surface area (Å²) >= 11 is 11.8. The van der Waals surface area contributed by atoms with Gasteiger partial charge in [0, 0.05) is 27.4 Å². The van der Waals surface area contributed by atoms with Crippen LogP contribution in [0.15, 0.2) is 59.1 Å². The predicted molar refractivity (Wildman–Crippen MR) is 86.4 cm³/mol. The summed E-state index contributed by atoms with van der Waals surface area (Å²) < 4.78 is 5.09. The quantitative estimate of drug-likeness (QED) is 0.742. The number of nitrogens with one attached hydrogen (secondary N) is 1. The van der Waals surface area contributed by atoms with Crippen LogP contribution in [-0.4, -0.2) is 11.1 Å². The Morgan fingerprint density at radius 3 is 2.45 bits per heavy atom. The molecular weight excluding hydrogens is 323 g/mol. The van der Waals surface area contributed by atoms with E-state index < -0.39 is 5.91 Å². The lowest BCUT2D eigenvalue weighted by molar-refractivity contribution is 0.0988. The molecule has 1 N–H and O–H groups in total. The number of nitrogens with zero attached hydrogens (tertiary/aromatic N) is 1. The van der Waals surface area contributed by atoms with Crippen LogP contribution in [0.3, 0.4) is 0 Å². The summed E-state index contributed by atoms with van der Waals surface area (Å²) in [5, 5.41) is 7.70. The molecular formula is C16H10Cl2N2O2. The van der Waals surface area contributed by atoms with Crippen molar-refractivity contribution in [3.63, 3.8) is 0 Å². The standard InChI is InChI=1S/C16H10Cl2N2O2/c17-11-4-1-3-10(7-11)14-9-15(22-20-14)16(21)19-13-6-2-5-12(18)8-13/h1-9H,(H,19,21). The highest BCUT2D eigenvalue weighted by Crippen LogP contribution is 2.23. The zero-order chi connectivity index (χ0) is 15.5. The maximum Gasteiger partial charge on any atom is 0.294 e. The van der Waals surface area contributed by atoms with Crippen LogP contribution in [-0.2, 0) is 0 Å². The van der Waals surface area contributed by atoms with Crippen molar-refractivity contribution in [1.82, 2.24) is 5.16 Å². The number of hydrogen-bond acceptors (Lipinski definition) is 3. The monoisotopic (exact) mass is 332 g/mol. The van der Waals surface area contributed by atoms with E-state index in [-0.39, 0.29) is 5.76 Å². The molecule has 1 heterocycles. The number of benzene rings is 2. The second kappa shape index (κ2) is 6.22. The summed E-state index contributed by atoms with van der Waals surface area (Å²) in [5.41, 5.74) is 1.90. The lowest BCUT2D eigenvalue weighted by atomic mass is 10.1. The molecule has 0 spiro atoms. The highest BCUT2D eigenvalue weighted by molar-refractivity contribution is 6.31. The third kappa shape index (κ3) is 3.30. The molecule has 4 nitrogen and oxygen atoms in total. The van der Waals surface area contributed by atoms with Crippen molar-refractivity contribution >= 4 is 34.8 Å². The molecule has 0 fully saturated rings. The molecule has 6 heteroatoms. The Morgan fingerprint density at radius 1 is 1.00 bits per heavy atom. The second-order valence-corrected chi connectivity index (χ2v) is 5.42. The van der Waals surface area contributed by atoms with Gasteiger partial charge in [0.15, 0.2) is 0 Å². The van der Waals surface area contributed by atoms with Gasteiger partial charge in [-0.1, -0.05) is 46.6 Å². The fourth-order valence-electron chi connectivity index (χ4n) is 1.93. The largest absolute Gasteiger partial charge is 0.350 e. The molecule has 0 bridgehead atoms. The van der Waals surface area contributed by atoms with E-state index in [0.717, 1.165) is 5.56 Å². The molecule has 0 unspecified atom stereocenters. The average molecular weight is 333 g/mol. The van der Waals surface area contributed by atoms with Crippen LogP contribution in [0.2, 0.25) is 10.0 Å². The van der Waals surface area contributed by atoms with Gasteiger partial charge in [-0.25, -0.2) is 0 Å². The zero-order valence-electron chi connectivity index (χ0n) is 11.2. The molecule has 3 aromatic rings. The van der Waals surface area contributed by atoms with Gasteiger partial charge in [-0.15, -0.1) is 0 Å². The van der Waals surface area contributed by atoms with Crippen molar-refractivity contribution in [3.8, 4) is 11.3 Å². The molecule has 22 heavy (non-hydrogen) atoms. The summed E-state index contributed by atoms with van der Waals surface area (Å²) in [6.45, 7) is 0. The lowest BCUT2D eigenvalue weighted by Crippen LogP contribution is -2.10. The number of rotatable bonds is 3. The van der Waals surface area contributed by atoms with Crippen LogP contribution < -0.4 is 5.32 Å². The smallest absolute Gasteiger partial charge is 0.294 e. The second-order valence-electron chi connectivity index (χ2n) is 4.55. The van der Waals surface area contributed by atoms with E-state index in [0.29, 0.717) is 21.4 Å². The SMILES string of the molecule is O=C(Nc1cccc(Cl)c1)c1cc(-c2cccc(Cl)c2)no1. The summed E-state index contributed by atoms with van der Waals surface area (Å²) in [5.74, 6) is -0.294. The van der Waals surface area contributed by atoms with Gasteiger partial charge in [0.2, 0.25) is 5.76 Å². The number of halogens is 2. The first-order valence-corrected chi connectivity index (χ1v) is 7.17. The Labute approximate surface area is 136 Å². The molecule has 0 aliphatic heterocycles. The van der Waals surface area contributed by atoms with Crippen molar-refractivity contribution in [3.05, 3.63) is 70.4 Å². The minimum Gasteiger partial charge on any atom is -0.350 e. The predicted octanol–water partition coefficient (Wildman–Crippen LogP) is 4.90. The maximum atomic E-state index is 12.1. The van der Waals surface area contributed by atoms with Gasteiger partial charge in [0.05, 0.1) is 0 Å². The minimum atomic E-state index is -0.400. The van der Waals surface area contributed by atoms with Crippen molar-refractivity contribution in [2.45, 2.75) is 0 Å². The first-order chi connectivity index (χ1) is 10.6. The van der Waals surface area contributed by atoms with Gasteiger partial charge in [0.1, 0.15) is 5.69 Å². The molecule has 0 saturated heterocycles. The molecule has 2 aromatic carbocycles. The number of hydrogen-bond donors (Lipinski definition) is 1. The van der Waals surface area contributed by atoms with Crippen LogP contribution in [0.4, 0.5) is 5.69 Å².